The molecule has 2 saturated heterocycles. The molecule has 0 aliphatic carbocycles. The van der Waals surface area contributed by atoms with E-state index in [4.69, 9.17) is 11.6 Å². The molecular weight excluding hydrogens is 524 g/mol. The SMILES string of the molecule is CC1(C)[C@@H](Cl)C[C@]23[C@@H]4CC(=O)N2C=CC2=NC(=O)N[C@@]21N3c1cc(Br)c(Br)cc14. The highest BCUT2D eigenvalue weighted by Gasteiger charge is 2.76. The van der Waals surface area contributed by atoms with Crippen molar-refractivity contribution in [3.05, 3.63) is 38.9 Å². The summed E-state index contributed by atoms with van der Waals surface area (Å²) < 4.78 is 1.85. The minimum atomic E-state index is -0.943. The molecule has 9 heteroatoms. The number of fused-ring (bicyclic) bond motifs is 2. The first-order valence-corrected chi connectivity index (χ1v) is 11.5. The molecule has 1 N–H and O–H groups in total. The van der Waals surface area contributed by atoms with E-state index in [2.05, 4.69) is 73.0 Å². The number of benzene rings is 1. The van der Waals surface area contributed by atoms with Gasteiger partial charge in [-0.15, -0.1) is 11.6 Å². The van der Waals surface area contributed by atoms with E-state index in [1.165, 1.54) is 0 Å². The molecule has 1 aromatic rings. The largest absolute Gasteiger partial charge is 0.343 e. The molecule has 6 rings (SSSR count). The standard InChI is InChI=1S/C20H17Br2ClN4O2/c1-18(2)14(23)8-19-10-6-16(28)26(19)4-3-15-20(18,25-17(29)24-15)27(19)13-7-12(22)11(21)5-9(10)13/h3-5,7,10,14H,6,8H2,1-2H3,(H,25,29)/t10-,14+,19+,20-/m1/s1. The molecular formula is C20H17Br2ClN4O2. The van der Waals surface area contributed by atoms with Crippen LogP contribution in [0.2, 0.25) is 0 Å². The highest BCUT2D eigenvalue weighted by Crippen LogP contribution is 2.67. The summed E-state index contributed by atoms with van der Waals surface area (Å²) in [5, 5.41) is 2.89. The van der Waals surface area contributed by atoms with Gasteiger partial charge in [0.2, 0.25) is 5.91 Å². The van der Waals surface area contributed by atoms with E-state index in [1.54, 1.807) is 6.20 Å². The predicted molar refractivity (Wildman–Crippen MR) is 117 cm³/mol. The van der Waals surface area contributed by atoms with Gasteiger partial charge in [-0.2, -0.15) is 4.99 Å². The lowest BCUT2D eigenvalue weighted by Crippen LogP contribution is -2.81. The van der Waals surface area contributed by atoms with Gasteiger partial charge in [-0.1, -0.05) is 13.8 Å². The average molecular weight is 541 g/mol. The Kier molecular flexibility index (Phi) is 3.34. The van der Waals surface area contributed by atoms with Gasteiger partial charge in [0, 0.05) is 50.4 Å². The monoisotopic (exact) mass is 538 g/mol. The van der Waals surface area contributed by atoms with Crippen LogP contribution in [0.4, 0.5) is 10.5 Å². The number of alkyl halides is 1. The van der Waals surface area contributed by atoms with Crippen molar-refractivity contribution in [1.29, 1.82) is 0 Å². The molecule has 2 bridgehead atoms. The molecule has 6 nitrogen and oxygen atoms in total. The van der Waals surface area contributed by atoms with E-state index < -0.39 is 16.7 Å². The second kappa shape index (κ2) is 5.26. The van der Waals surface area contributed by atoms with Gasteiger partial charge >= 0.3 is 6.03 Å². The number of hydrogen-bond donors (Lipinski definition) is 1. The number of urea groups is 1. The smallest absolute Gasteiger partial charge is 0.318 e. The van der Waals surface area contributed by atoms with E-state index in [0.717, 1.165) is 20.2 Å². The van der Waals surface area contributed by atoms with Gasteiger partial charge in [0.05, 0.1) is 5.71 Å². The second-order valence-electron chi connectivity index (χ2n) is 8.91. The topological polar surface area (TPSA) is 65.0 Å². The number of anilines is 1. The van der Waals surface area contributed by atoms with Crippen molar-refractivity contribution in [2.45, 2.75) is 49.3 Å². The molecule has 4 atom stereocenters. The third-order valence-corrected chi connectivity index (χ3v) is 10.0. The maximum atomic E-state index is 13.1. The highest BCUT2D eigenvalue weighted by molar-refractivity contribution is 9.13. The molecule has 0 radical (unpaired) electrons. The number of aliphatic imine (C=N–C) groups is 1. The third kappa shape index (κ3) is 1.80. The summed E-state index contributed by atoms with van der Waals surface area (Å²) in [6.07, 6.45) is 4.61. The Hall–Kier alpha value is -1.38. The lowest BCUT2D eigenvalue weighted by Gasteiger charge is -2.63. The van der Waals surface area contributed by atoms with Gasteiger partial charge in [-0.3, -0.25) is 9.69 Å². The van der Waals surface area contributed by atoms with Crippen LogP contribution in [-0.4, -0.2) is 39.3 Å². The average Bonchev–Trinajstić information content (AvgIpc) is 3.16. The number of rotatable bonds is 0. The molecule has 0 saturated carbocycles. The summed E-state index contributed by atoms with van der Waals surface area (Å²) >= 11 is 14.3. The Morgan fingerprint density at radius 2 is 1.97 bits per heavy atom. The minimum Gasteiger partial charge on any atom is -0.318 e. The molecule has 29 heavy (non-hydrogen) atoms. The number of carbonyl (C=O) groups is 2. The van der Waals surface area contributed by atoms with Gasteiger partial charge in [0.1, 0.15) is 5.66 Å². The number of piperidine rings is 1. The lowest BCUT2D eigenvalue weighted by molar-refractivity contribution is -0.129. The van der Waals surface area contributed by atoms with Crippen LogP contribution in [0.15, 0.2) is 38.3 Å². The number of nitrogens with one attached hydrogen (secondary N) is 1. The molecule has 2 fully saturated rings. The van der Waals surface area contributed by atoms with E-state index >= 15 is 0 Å². The van der Waals surface area contributed by atoms with Crippen LogP contribution in [0.5, 0.6) is 0 Å². The first-order chi connectivity index (χ1) is 13.6. The van der Waals surface area contributed by atoms with Crippen LogP contribution in [0.25, 0.3) is 0 Å². The fourth-order valence-electron chi connectivity index (χ4n) is 6.13. The quantitative estimate of drug-likeness (QED) is 0.494. The molecule has 1 aromatic carbocycles. The molecule has 2 spiro atoms. The molecule has 5 aliphatic rings. The molecule has 150 valence electrons. The maximum absolute atomic E-state index is 13.1. The fourth-order valence-corrected chi connectivity index (χ4v) is 7.20. The van der Waals surface area contributed by atoms with Crippen molar-refractivity contribution in [2.75, 3.05) is 4.90 Å². The Balaban J connectivity index is 1.77. The Bertz CT molecular complexity index is 1100. The van der Waals surface area contributed by atoms with Crippen molar-refractivity contribution in [2.24, 2.45) is 10.4 Å². The number of carbonyl (C=O) groups excluding carboxylic acids is 2. The van der Waals surface area contributed by atoms with E-state index in [-0.39, 0.29) is 23.2 Å². The van der Waals surface area contributed by atoms with Crippen LogP contribution in [-0.2, 0) is 4.79 Å². The zero-order valence-electron chi connectivity index (χ0n) is 15.7. The van der Waals surface area contributed by atoms with E-state index in [1.807, 2.05) is 11.0 Å². The summed E-state index contributed by atoms with van der Waals surface area (Å²) in [6, 6.07) is 3.78. The van der Waals surface area contributed by atoms with Crippen molar-refractivity contribution in [3.8, 4) is 0 Å². The molecule has 5 heterocycles. The summed E-state index contributed by atoms with van der Waals surface area (Å²) in [5.74, 6) is 0.0108. The first kappa shape index (κ1) is 18.4. The highest BCUT2D eigenvalue weighted by atomic mass is 79.9. The van der Waals surface area contributed by atoms with Crippen molar-refractivity contribution in [3.63, 3.8) is 0 Å². The zero-order valence-corrected chi connectivity index (χ0v) is 19.6. The number of amides is 3. The van der Waals surface area contributed by atoms with E-state index in [0.29, 0.717) is 18.6 Å². The Morgan fingerprint density at radius 1 is 1.24 bits per heavy atom. The van der Waals surface area contributed by atoms with Crippen molar-refractivity contribution >= 4 is 66.8 Å². The van der Waals surface area contributed by atoms with Crippen LogP contribution >= 0.6 is 43.5 Å². The molecule has 0 unspecified atom stereocenters. The van der Waals surface area contributed by atoms with Crippen molar-refractivity contribution in [1.82, 2.24) is 10.2 Å². The number of nitrogens with zero attached hydrogens (tertiary/aromatic N) is 3. The van der Waals surface area contributed by atoms with Crippen LogP contribution in [0.1, 0.15) is 38.2 Å². The molecule has 5 aliphatic heterocycles. The van der Waals surface area contributed by atoms with Crippen molar-refractivity contribution < 1.29 is 9.59 Å². The summed E-state index contributed by atoms with van der Waals surface area (Å²) in [6.45, 7) is 4.14. The van der Waals surface area contributed by atoms with Gasteiger partial charge in [0.15, 0.2) is 5.66 Å². The third-order valence-electron chi connectivity index (χ3n) is 7.49. The predicted octanol–water partition coefficient (Wildman–Crippen LogP) is 4.47. The van der Waals surface area contributed by atoms with Gasteiger partial charge in [0.25, 0.3) is 0 Å². The number of hydrogen-bond acceptors (Lipinski definition) is 3. The second-order valence-corrected chi connectivity index (χ2v) is 11.1. The fraction of sp³-hybridized carbons (Fsp3) is 0.450. The van der Waals surface area contributed by atoms with Gasteiger partial charge in [-0.05, 0) is 55.6 Å². The zero-order chi connectivity index (χ0) is 20.5. The van der Waals surface area contributed by atoms with Crippen LogP contribution in [0.3, 0.4) is 0 Å². The lowest BCUT2D eigenvalue weighted by atomic mass is 9.65. The Morgan fingerprint density at radius 3 is 2.72 bits per heavy atom. The van der Waals surface area contributed by atoms with Crippen LogP contribution in [0, 0.1) is 5.41 Å². The van der Waals surface area contributed by atoms with E-state index in [9.17, 15) is 9.59 Å². The minimum absolute atomic E-state index is 0.0508. The summed E-state index contributed by atoms with van der Waals surface area (Å²) in [5.41, 5.74) is 0.534. The normalized spacial score (nSPS) is 37.8. The molecule has 3 amide bonds. The summed E-state index contributed by atoms with van der Waals surface area (Å²) in [4.78, 5) is 34.1. The number of halogens is 3. The summed E-state index contributed by atoms with van der Waals surface area (Å²) in [7, 11) is 0. The maximum Gasteiger partial charge on any atom is 0.343 e. The Labute approximate surface area is 189 Å². The van der Waals surface area contributed by atoms with Gasteiger partial charge < -0.3 is 10.2 Å². The molecule has 0 aromatic heterocycles. The first-order valence-electron chi connectivity index (χ1n) is 9.49. The van der Waals surface area contributed by atoms with Gasteiger partial charge in [-0.25, -0.2) is 4.79 Å². The van der Waals surface area contributed by atoms with Crippen LogP contribution < -0.4 is 10.2 Å².